The van der Waals surface area contributed by atoms with Crippen molar-refractivity contribution in [2.75, 3.05) is 0 Å². The van der Waals surface area contributed by atoms with Gasteiger partial charge < -0.3 is 19.3 Å². The Bertz CT molecular complexity index is 307. The first kappa shape index (κ1) is 14.2. The molecule has 0 aromatic carbocycles. The average molecular weight is 267 g/mol. The lowest BCUT2D eigenvalue weighted by atomic mass is 10.0. The molecule has 1 aliphatic heterocycles. The van der Waals surface area contributed by atoms with Gasteiger partial charge in [-0.15, -0.1) is 11.6 Å². The molecular weight excluding hydrogens is 252 g/mol. The molecule has 1 heterocycles. The highest BCUT2D eigenvalue weighted by Crippen LogP contribution is 2.28. The SMILES string of the molecule is CC(=O)O[C@@H]1[C@@H](OC(C)=O)[C@H](Cl)[C@@H](O)O[C@H]1C. The van der Waals surface area contributed by atoms with E-state index in [0.717, 1.165) is 0 Å². The molecule has 98 valence electrons. The van der Waals surface area contributed by atoms with Crippen molar-refractivity contribution in [2.24, 2.45) is 0 Å². The third kappa shape index (κ3) is 3.55. The molecule has 17 heavy (non-hydrogen) atoms. The molecule has 0 bridgehead atoms. The van der Waals surface area contributed by atoms with E-state index in [1.54, 1.807) is 6.92 Å². The van der Waals surface area contributed by atoms with Crippen LogP contribution in [0.4, 0.5) is 0 Å². The minimum absolute atomic E-state index is 0.539. The molecule has 7 heteroatoms. The van der Waals surface area contributed by atoms with Crippen molar-refractivity contribution in [3.8, 4) is 0 Å². The van der Waals surface area contributed by atoms with Crippen LogP contribution in [0, 0.1) is 0 Å². The fraction of sp³-hybridized carbons (Fsp3) is 0.800. The summed E-state index contributed by atoms with van der Waals surface area (Å²) >= 11 is 5.88. The summed E-state index contributed by atoms with van der Waals surface area (Å²) in [6.07, 6.45) is -3.66. The molecule has 0 aromatic heterocycles. The summed E-state index contributed by atoms with van der Waals surface area (Å²) in [5.41, 5.74) is 0. The van der Waals surface area contributed by atoms with Gasteiger partial charge >= 0.3 is 11.9 Å². The van der Waals surface area contributed by atoms with Crippen LogP contribution >= 0.6 is 11.6 Å². The fourth-order valence-corrected chi connectivity index (χ4v) is 1.92. The summed E-state index contributed by atoms with van der Waals surface area (Å²) in [4.78, 5) is 21.9. The van der Waals surface area contributed by atoms with E-state index >= 15 is 0 Å². The lowest BCUT2D eigenvalue weighted by molar-refractivity contribution is -0.238. The molecule has 0 spiro atoms. The molecule has 1 N–H and O–H groups in total. The van der Waals surface area contributed by atoms with Crippen molar-refractivity contribution in [3.05, 3.63) is 0 Å². The molecule has 5 atom stereocenters. The van der Waals surface area contributed by atoms with Gasteiger partial charge in [0.05, 0.1) is 6.10 Å². The molecule has 1 aliphatic rings. The maximum Gasteiger partial charge on any atom is 0.303 e. The topological polar surface area (TPSA) is 82.1 Å². The molecule has 1 rings (SSSR count). The maximum absolute atomic E-state index is 11.0. The zero-order valence-corrected chi connectivity index (χ0v) is 10.5. The van der Waals surface area contributed by atoms with Crippen molar-refractivity contribution < 1.29 is 28.9 Å². The second kappa shape index (κ2) is 5.66. The standard InChI is InChI=1S/C10H15ClO6/c1-4-8(16-5(2)12)9(17-6(3)13)7(11)10(14)15-4/h4,7-10,14H,1-3H3/t4-,7-,8-,9-,10-/m0/s1. The van der Waals surface area contributed by atoms with Crippen LogP contribution in [0.1, 0.15) is 20.8 Å². The molecule has 0 aliphatic carbocycles. The van der Waals surface area contributed by atoms with Crippen LogP contribution in [0.2, 0.25) is 0 Å². The van der Waals surface area contributed by atoms with Gasteiger partial charge in [0, 0.05) is 13.8 Å². The van der Waals surface area contributed by atoms with Crippen LogP contribution in [0.25, 0.3) is 0 Å². The number of aliphatic hydroxyl groups is 1. The zero-order chi connectivity index (χ0) is 13.2. The summed E-state index contributed by atoms with van der Waals surface area (Å²) in [6.45, 7) is 4.03. The van der Waals surface area contributed by atoms with Crippen molar-refractivity contribution in [1.82, 2.24) is 0 Å². The molecule has 0 unspecified atom stereocenters. The normalized spacial score (nSPS) is 37.4. The predicted octanol–water partition coefficient (Wildman–Crippen LogP) is 0.194. The number of halogens is 1. The van der Waals surface area contributed by atoms with Crippen molar-refractivity contribution >= 4 is 23.5 Å². The zero-order valence-electron chi connectivity index (χ0n) is 9.75. The highest BCUT2D eigenvalue weighted by atomic mass is 35.5. The molecule has 0 radical (unpaired) electrons. The minimum atomic E-state index is -1.28. The number of carbonyl (C=O) groups is 2. The number of aliphatic hydroxyl groups excluding tert-OH is 1. The molecule has 0 aromatic rings. The highest BCUT2D eigenvalue weighted by Gasteiger charge is 2.46. The monoisotopic (exact) mass is 266 g/mol. The van der Waals surface area contributed by atoms with Crippen molar-refractivity contribution in [2.45, 2.75) is 50.8 Å². The lowest BCUT2D eigenvalue weighted by Crippen LogP contribution is -2.57. The quantitative estimate of drug-likeness (QED) is 0.568. The van der Waals surface area contributed by atoms with E-state index in [9.17, 15) is 14.7 Å². The maximum atomic E-state index is 11.0. The van der Waals surface area contributed by atoms with Crippen LogP contribution < -0.4 is 0 Å². The van der Waals surface area contributed by atoms with Gasteiger partial charge in [-0.2, -0.15) is 0 Å². The van der Waals surface area contributed by atoms with Crippen LogP contribution in [0.5, 0.6) is 0 Å². The van der Waals surface area contributed by atoms with E-state index in [1.165, 1.54) is 13.8 Å². The van der Waals surface area contributed by atoms with E-state index in [1.807, 2.05) is 0 Å². The number of hydrogen-bond acceptors (Lipinski definition) is 6. The number of ether oxygens (including phenoxy) is 3. The highest BCUT2D eigenvalue weighted by molar-refractivity contribution is 6.21. The molecular formula is C10H15ClO6. The van der Waals surface area contributed by atoms with E-state index in [2.05, 4.69) is 0 Å². The van der Waals surface area contributed by atoms with Gasteiger partial charge in [0.1, 0.15) is 5.38 Å². The second-order valence-electron chi connectivity index (χ2n) is 3.82. The summed E-state index contributed by atoms with van der Waals surface area (Å²) in [6, 6.07) is 0. The summed E-state index contributed by atoms with van der Waals surface area (Å²) in [5.74, 6) is -1.11. The van der Waals surface area contributed by atoms with Crippen molar-refractivity contribution in [1.29, 1.82) is 0 Å². The first-order chi connectivity index (χ1) is 7.82. The summed E-state index contributed by atoms with van der Waals surface area (Å²) in [7, 11) is 0. The van der Waals surface area contributed by atoms with Crippen LogP contribution in [-0.4, -0.2) is 47.0 Å². The molecule has 0 amide bonds. The molecule has 0 saturated carbocycles. The molecule has 6 nitrogen and oxygen atoms in total. The molecule has 1 fully saturated rings. The van der Waals surface area contributed by atoms with E-state index < -0.39 is 41.9 Å². The predicted molar refractivity (Wildman–Crippen MR) is 57.3 cm³/mol. The number of hydrogen-bond donors (Lipinski definition) is 1. The number of esters is 2. The smallest absolute Gasteiger partial charge is 0.303 e. The van der Waals surface area contributed by atoms with Crippen LogP contribution in [-0.2, 0) is 23.8 Å². The third-order valence-electron chi connectivity index (χ3n) is 2.33. The van der Waals surface area contributed by atoms with Gasteiger partial charge in [-0.1, -0.05) is 0 Å². The first-order valence-electron chi connectivity index (χ1n) is 5.15. The Labute approximate surface area is 104 Å². The Balaban J connectivity index is 2.86. The van der Waals surface area contributed by atoms with E-state index in [4.69, 9.17) is 25.8 Å². The van der Waals surface area contributed by atoms with Gasteiger partial charge in [0.2, 0.25) is 0 Å². The average Bonchev–Trinajstić information content (AvgIpc) is 2.19. The largest absolute Gasteiger partial charge is 0.457 e. The number of alkyl halides is 1. The van der Waals surface area contributed by atoms with Gasteiger partial charge in [-0.05, 0) is 6.92 Å². The van der Waals surface area contributed by atoms with Gasteiger partial charge in [0.15, 0.2) is 18.5 Å². The summed E-state index contributed by atoms with van der Waals surface area (Å²) in [5, 5.41) is 8.51. The van der Waals surface area contributed by atoms with E-state index in [0.29, 0.717) is 0 Å². The Morgan fingerprint density at radius 3 is 2.12 bits per heavy atom. The Hall–Kier alpha value is -0.850. The summed E-state index contributed by atoms with van der Waals surface area (Å²) < 4.78 is 15.0. The third-order valence-corrected chi connectivity index (χ3v) is 2.79. The van der Waals surface area contributed by atoms with Crippen molar-refractivity contribution in [3.63, 3.8) is 0 Å². The van der Waals surface area contributed by atoms with Crippen LogP contribution in [0.15, 0.2) is 0 Å². The van der Waals surface area contributed by atoms with Gasteiger partial charge in [0.25, 0.3) is 0 Å². The van der Waals surface area contributed by atoms with Crippen LogP contribution in [0.3, 0.4) is 0 Å². The first-order valence-corrected chi connectivity index (χ1v) is 5.58. The van der Waals surface area contributed by atoms with Gasteiger partial charge in [-0.3, -0.25) is 9.59 Å². The Kier molecular flexibility index (Phi) is 4.73. The van der Waals surface area contributed by atoms with E-state index in [-0.39, 0.29) is 0 Å². The van der Waals surface area contributed by atoms with Gasteiger partial charge in [-0.25, -0.2) is 0 Å². The Morgan fingerprint density at radius 2 is 1.65 bits per heavy atom. The number of carbonyl (C=O) groups excluding carboxylic acids is 2. The number of rotatable bonds is 2. The molecule has 1 saturated heterocycles. The Morgan fingerprint density at radius 1 is 1.18 bits per heavy atom. The minimum Gasteiger partial charge on any atom is -0.457 e. The second-order valence-corrected chi connectivity index (χ2v) is 4.33. The fourth-order valence-electron chi connectivity index (χ4n) is 1.66. The lowest BCUT2D eigenvalue weighted by Gasteiger charge is -2.40.